The Morgan fingerprint density at radius 2 is 2.12 bits per heavy atom. The summed E-state index contributed by atoms with van der Waals surface area (Å²) in [6.07, 6.45) is -0.285. The van der Waals surface area contributed by atoms with Crippen molar-refractivity contribution >= 4 is 11.6 Å². The van der Waals surface area contributed by atoms with E-state index in [2.05, 4.69) is 10.1 Å². The van der Waals surface area contributed by atoms with Crippen LogP contribution in [0.1, 0.15) is 24.7 Å². The van der Waals surface area contributed by atoms with E-state index in [-0.39, 0.29) is 12.0 Å². The van der Waals surface area contributed by atoms with Gasteiger partial charge >= 0.3 is 0 Å². The summed E-state index contributed by atoms with van der Waals surface area (Å²) in [6.45, 7) is 1.85. The van der Waals surface area contributed by atoms with Crippen molar-refractivity contribution in [2.45, 2.75) is 18.9 Å². The van der Waals surface area contributed by atoms with Crippen molar-refractivity contribution in [1.82, 2.24) is 10.1 Å². The maximum absolute atomic E-state index is 5.62. The molecule has 0 aliphatic carbocycles. The third kappa shape index (κ3) is 2.52. The molecule has 5 heteroatoms. The van der Waals surface area contributed by atoms with Crippen LogP contribution in [0.25, 0.3) is 0 Å². The van der Waals surface area contributed by atoms with Gasteiger partial charge in [-0.25, -0.2) is 0 Å². The number of ether oxygens (including phenoxy) is 1. The molecule has 0 aliphatic heterocycles. The highest BCUT2D eigenvalue weighted by Crippen LogP contribution is 2.19. The Morgan fingerprint density at radius 1 is 1.38 bits per heavy atom. The van der Waals surface area contributed by atoms with Gasteiger partial charge in [0.05, 0.1) is 5.88 Å². The molecule has 16 heavy (non-hydrogen) atoms. The zero-order valence-corrected chi connectivity index (χ0v) is 9.52. The molecule has 0 radical (unpaired) electrons. The summed E-state index contributed by atoms with van der Waals surface area (Å²) < 4.78 is 10.6. The van der Waals surface area contributed by atoms with E-state index in [0.29, 0.717) is 11.7 Å². The lowest BCUT2D eigenvalue weighted by atomic mass is 10.3. The summed E-state index contributed by atoms with van der Waals surface area (Å²) in [6, 6.07) is 9.47. The molecule has 0 saturated carbocycles. The largest absolute Gasteiger partial charge is 0.481 e. The van der Waals surface area contributed by atoms with E-state index in [1.807, 2.05) is 37.3 Å². The van der Waals surface area contributed by atoms with Crippen LogP contribution in [0.5, 0.6) is 5.75 Å². The molecule has 0 N–H and O–H groups in total. The molecule has 0 aliphatic rings. The lowest BCUT2D eigenvalue weighted by Gasteiger charge is -2.09. The maximum Gasteiger partial charge on any atom is 0.267 e. The first-order chi connectivity index (χ1) is 7.79. The summed E-state index contributed by atoms with van der Waals surface area (Å²) in [5, 5.41) is 3.70. The van der Waals surface area contributed by atoms with Crippen molar-refractivity contribution in [1.29, 1.82) is 0 Å². The lowest BCUT2D eigenvalue weighted by Crippen LogP contribution is -2.03. The molecule has 84 valence electrons. The monoisotopic (exact) mass is 238 g/mol. The number of aromatic nitrogens is 2. The Morgan fingerprint density at radius 3 is 2.75 bits per heavy atom. The molecule has 2 aromatic rings. The SMILES string of the molecule is CC(Oc1ccccc1)c1nc(CCl)no1. The molecule has 4 nitrogen and oxygen atoms in total. The van der Waals surface area contributed by atoms with Gasteiger partial charge < -0.3 is 9.26 Å². The van der Waals surface area contributed by atoms with Gasteiger partial charge in [0.1, 0.15) is 5.75 Å². The second-order valence-electron chi connectivity index (χ2n) is 3.26. The van der Waals surface area contributed by atoms with E-state index >= 15 is 0 Å². The van der Waals surface area contributed by atoms with E-state index in [9.17, 15) is 0 Å². The van der Waals surface area contributed by atoms with Gasteiger partial charge in [-0.1, -0.05) is 23.4 Å². The molecular formula is C11H11ClN2O2. The van der Waals surface area contributed by atoms with E-state index < -0.39 is 0 Å². The van der Waals surface area contributed by atoms with Crippen molar-refractivity contribution in [2.24, 2.45) is 0 Å². The maximum atomic E-state index is 5.62. The first-order valence-electron chi connectivity index (χ1n) is 4.89. The fourth-order valence-corrected chi connectivity index (χ4v) is 1.35. The molecular weight excluding hydrogens is 228 g/mol. The van der Waals surface area contributed by atoms with Crippen LogP contribution in [0.15, 0.2) is 34.9 Å². The van der Waals surface area contributed by atoms with Crippen LogP contribution in [0, 0.1) is 0 Å². The van der Waals surface area contributed by atoms with E-state index in [4.69, 9.17) is 20.9 Å². The minimum Gasteiger partial charge on any atom is -0.481 e. The number of para-hydroxylation sites is 1. The predicted molar refractivity (Wildman–Crippen MR) is 59.3 cm³/mol. The molecule has 1 aromatic carbocycles. The van der Waals surface area contributed by atoms with Crippen LogP contribution >= 0.6 is 11.6 Å². The molecule has 0 bridgehead atoms. The smallest absolute Gasteiger partial charge is 0.267 e. The number of nitrogens with zero attached hydrogens (tertiary/aromatic N) is 2. The van der Waals surface area contributed by atoms with Crippen LogP contribution in [0.2, 0.25) is 0 Å². The number of rotatable bonds is 4. The first kappa shape index (κ1) is 11.0. The van der Waals surface area contributed by atoms with Crippen LogP contribution in [0.3, 0.4) is 0 Å². The molecule has 0 saturated heterocycles. The first-order valence-corrected chi connectivity index (χ1v) is 5.43. The highest BCUT2D eigenvalue weighted by Gasteiger charge is 2.15. The van der Waals surface area contributed by atoms with Crippen LogP contribution in [-0.4, -0.2) is 10.1 Å². The van der Waals surface area contributed by atoms with Gasteiger partial charge in [-0.2, -0.15) is 4.98 Å². The highest BCUT2D eigenvalue weighted by molar-refractivity contribution is 6.16. The van der Waals surface area contributed by atoms with E-state index in [0.717, 1.165) is 5.75 Å². The van der Waals surface area contributed by atoms with Crippen molar-refractivity contribution < 1.29 is 9.26 Å². The van der Waals surface area contributed by atoms with Crippen molar-refractivity contribution in [2.75, 3.05) is 0 Å². The van der Waals surface area contributed by atoms with Gasteiger partial charge in [-0.15, -0.1) is 11.6 Å². The minimum absolute atomic E-state index is 0.238. The number of benzene rings is 1. The Balaban J connectivity index is 2.05. The summed E-state index contributed by atoms with van der Waals surface area (Å²) >= 11 is 5.58. The van der Waals surface area contributed by atoms with Crippen LogP contribution in [-0.2, 0) is 5.88 Å². The van der Waals surface area contributed by atoms with Crippen LogP contribution in [0.4, 0.5) is 0 Å². The minimum atomic E-state index is -0.285. The van der Waals surface area contributed by atoms with Gasteiger partial charge in [-0.3, -0.25) is 0 Å². The Kier molecular flexibility index (Phi) is 3.41. The van der Waals surface area contributed by atoms with E-state index in [1.54, 1.807) is 0 Å². The third-order valence-electron chi connectivity index (χ3n) is 2.01. The summed E-state index contributed by atoms with van der Waals surface area (Å²) in [7, 11) is 0. The zero-order chi connectivity index (χ0) is 11.4. The normalized spacial score (nSPS) is 12.4. The quantitative estimate of drug-likeness (QED) is 0.769. The van der Waals surface area contributed by atoms with Gasteiger partial charge in [0.25, 0.3) is 5.89 Å². The van der Waals surface area contributed by atoms with Gasteiger partial charge in [0.15, 0.2) is 11.9 Å². The fraction of sp³-hybridized carbons (Fsp3) is 0.273. The summed E-state index contributed by atoms with van der Waals surface area (Å²) in [5.74, 6) is 1.90. The van der Waals surface area contributed by atoms with Crippen molar-refractivity contribution in [3.8, 4) is 5.75 Å². The topological polar surface area (TPSA) is 48.2 Å². The summed E-state index contributed by atoms with van der Waals surface area (Å²) in [4.78, 5) is 4.09. The van der Waals surface area contributed by atoms with Gasteiger partial charge in [0.2, 0.25) is 0 Å². The number of halogens is 1. The predicted octanol–water partition coefficient (Wildman–Crippen LogP) is 2.95. The molecule has 0 spiro atoms. The van der Waals surface area contributed by atoms with Crippen molar-refractivity contribution in [3.63, 3.8) is 0 Å². The summed E-state index contributed by atoms with van der Waals surface area (Å²) in [5.41, 5.74) is 0. The highest BCUT2D eigenvalue weighted by atomic mass is 35.5. The number of hydrogen-bond donors (Lipinski definition) is 0. The number of hydrogen-bond acceptors (Lipinski definition) is 4. The lowest BCUT2D eigenvalue weighted by molar-refractivity contribution is 0.175. The Hall–Kier alpha value is -1.55. The molecule has 1 atom stereocenters. The van der Waals surface area contributed by atoms with Gasteiger partial charge in [-0.05, 0) is 19.1 Å². The molecule has 2 rings (SSSR count). The van der Waals surface area contributed by atoms with Gasteiger partial charge in [0, 0.05) is 0 Å². The zero-order valence-electron chi connectivity index (χ0n) is 8.76. The number of alkyl halides is 1. The molecule has 0 fully saturated rings. The molecule has 1 aromatic heterocycles. The average molecular weight is 239 g/mol. The fourth-order valence-electron chi connectivity index (χ4n) is 1.24. The second kappa shape index (κ2) is 4.99. The van der Waals surface area contributed by atoms with Crippen molar-refractivity contribution in [3.05, 3.63) is 42.0 Å². The van der Waals surface area contributed by atoms with Crippen LogP contribution < -0.4 is 4.74 Å². The Labute approximate surface area is 98.2 Å². The second-order valence-corrected chi connectivity index (χ2v) is 3.52. The molecule has 1 unspecified atom stereocenters. The third-order valence-corrected chi connectivity index (χ3v) is 2.25. The molecule has 1 heterocycles. The molecule has 0 amide bonds. The Bertz CT molecular complexity index is 444. The average Bonchev–Trinajstić information content (AvgIpc) is 2.79. The standard InChI is InChI=1S/C11H11ClN2O2/c1-8(11-13-10(7-12)14-16-11)15-9-5-3-2-4-6-9/h2-6,8H,7H2,1H3. The van der Waals surface area contributed by atoms with E-state index in [1.165, 1.54) is 0 Å².